The van der Waals surface area contributed by atoms with Crippen molar-refractivity contribution in [1.82, 2.24) is 14.3 Å². The first kappa shape index (κ1) is 12.9. The average molecular weight is 257 g/mol. The molecule has 0 saturated heterocycles. The van der Waals surface area contributed by atoms with Crippen LogP contribution in [0.1, 0.15) is 17.0 Å². The van der Waals surface area contributed by atoms with Gasteiger partial charge in [0.05, 0.1) is 17.0 Å². The number of fused-ring (bicyclic) bond motifs is 1. The average Bonchev–Trinajstić information content (AvgIpc) is 2.53. The van der Waals surface area contributed by atoms with Crippen LogP contribution in [-0.4, -0.2) is 28.4 Å². The molecule has 0 N–H and O–H groups in total. The first-order chi connectivity index (χ1) is 8.29. The van der Waals surface area contributed by atoms with Gasteiger partial charge in [-0.3, -0.25) is 0 Å². The molecule has 0 fully saturated rings. The molecular weight excluding hydrogens is 243 g/mol. The molecule has 0 unspecified atom stereocenters. The van der Waals surface area contributed by atoms with Crippen LogP contribution in [-0.2, 0) is 12.7 Å². The third-order valence-electron chi connectivity index (χ3n) is 2.72. The summed E-state index contributed by atoms with van der Waals surface area (Å²) in [6, 6.07) is 2.15. The topological polar surface area (TPSA) is 20.5 Å². The van der Waals surface area contributed by atoms with E-state index in [9.17, 15) is 13.2 Å². The Morgan fingerprint density at radius 1 is 1.33 bits per heavy atom. The normalized spacial score (nSPS) is 12.6. The van der Waals surface area contributed by atoms with E-state index in [1.165, 1.54) is 6.20 Å². The van der Waals surface area contributed by atoms with Crippen LogP contribution in [0.2, 0.25) is 0 Å². The molecule has 0 aliphatic rings. The lowest BCUT2D eigenvalue weighted by molar-refractivity contribution is -0.137. The molecule has 0 bridgehead atoms. The zero-order valence-corrected chi connectivity index (χ0v) is 10.4. The third kappa shape index (κ3) is 2.33. The molecule has 6 heteroatoms. The lowest BCUT2D eigenvalue weighted by Crippen LogP contribution is -2.13. The number of hydrogen-bond acceptors (Lipinski definition) is 2. The second kappa shape index (κ2) is 4.28. The molecule has 0 aliphatic carbocycles. The summed E-state index contributed by atoms with van der Waals surface area (Å²) in [6.07, 6.45) is -2.90. The molecule has 98 valence electrons. The molecule has 2 heterocycles. The molecule has 0 saturated carbocycles. The Bertz CT molecular complexity index is 570. The van der Waals surface area contributed by atoms with Crippen molar-refractivity contribution in [2.45, 2.75) is 19.6 Å². The number of aryl methyl sites for hydroxylation is 1. The lowest BCUT2D eigenvalue weighted by atomic mass is 10.2. The molecule has 0 aliphatic heterocycles. The van der Waals surface area contributed by atoms with Gasteiger partial charge >= 0.3 is 6.18 Å². The van der Waals surface area contributed by atoms with Gasteiger partial charge in [-0.05, 0) is 33.2 Å². The van der Waals surface area contributed by atoms with Gasteiger partial charge in [-0.2, -0.15) is 13.2 Å². The molecule has 2 aromatic rings. The van der Waals surface area contributed by atoms with E-state index >= 15 is 0 Å². The second-order valence-electron chi connectivity index (χ2n) is 4.52. The molecule has 2 aromatic heterocycles. The fourth-order valence-corrected chi connectivity index (χ4v) is 1.88. The number of hydrogen-bond donors (Lipinski definition) is 0. The van der Waals surface area contributed by atoms with E-state index in [1.54, 1.807) is 11.3 Å². The zero-order valence-electron chi connectivity index (χ0n) is 10.4. The van der Waals surface area contributed by atoms with Crippen molar-refractivity contribution in [1.29, 1.82) is 0 Å². The molecule has 0 amide bonds. The maximum Gasteiger partial charge on any atom is 0.416 e. The van der Waals surface area contributed by atoms with Crippen molar-refractivity contribution in [3.05, 3.63) is 35.3 Å². The minimum atomic E-state index is -4.33. The summed E-state index contributed by atoms with van der Waals surface area (Å²) in [6.45, 7) is 2.44. The molecule has 0 spiro atoms. The maximum absolute atomic E-state index is 12.6. The monoisotopic (exact) mass is 257 g/mol. The fourth-order valence-electron chi connectivity index (χ4n) is 1.88. The standard InChI is InChI=1S/C12H14F3N3/c1-8-10(7-17(2)3)18-5-4-9(12(13,14)15)6-11(18)16-8/h4-6H,7H2,1-3H3. The van der Waals surface area contributed by atoms with Crippen molar-refractivity contribution < 1.29 is 13.2 Å². The van der Waals surface area contributed by atoms with Gasteiger partial charge in [0.1, 0.15) is 5.65 Å². The van der Waals surface area contributed by atoms with E-state index in [-0.39, 0.29) is 0 Å². The highest BCUT2D eigenvalue weighted by Gasteiger charge is 2.31. The summed E-state index contributed by atoms with van der Waals surface area (Å²) in [4.78, 5) is 6.13. The van der Waals surface area contributed by atoms with Gasteiger partial charge in [0.25, 0.3) is 0 Å². The van der Waals surface area contributed by atoms with E-state index in [0.29, 0.717) is 12.2 Å². The highest BCUT2D eigenvalue weighted by atomic mass is 19.4. The largest absolute Gasteiger partial charge is 0.416 e. The number of pyridine rings is 1. The van der Waals surface area contributed by atoms with Gasteiger partial charge in [-0.1, -0.05) is 0 Å². The number of halogens is 3. The summed E-state index contributed by atoms with van der Waals surface area (Å²) in [5.41, 5.74) is 1.32. The number of aromatic nitrogens is 2. The van der Waals surface area contributed by atoms with Gasteiger partial charge in [0.2, 0.25) is 0 Å². The lowest BCUT2D eigenvalue weighted by Gasteiger charge is -2.11. The Balaban J connectivity index is 2.54. The Labute approximate surface area is 103 Å². The predicted molar refractivity (Wildman–Crippen MR) is 62.3 cm³/mol. The fraction of sp³-hybridized carbons (Fsp3) is 0.417. The summed E-state index contributed by atoms with van der Waals surface area (Å²) < 4.78 is 39.5. The minimum Gasteiger partial charge on any atom is -0.304 e. The van der Waals surface area contributed by atoms with Crippen LogP contribution < -0.4 is 0 Å². The number of imidazole rings is 1. The SMILES string of the molecule is Cc1nc2cc(C(F)(F)F)ccn2c1CN(C)C. The van der Waals surface area contributed by atoms with Crippen molar-refractivity contribution in [2.75, 3.05) is 14.1 Å². The number of nitrogens with zero attached hydrogens (tertiary/aromatic N) is 3. The van der Waals surface area contributed by atoms with Crippen LogP contribution in [0.3, 0.4) is 0 Å². The van der Waals surface area contributed by atoms with Gasteiger partial charge in [0, 0.05) is 12.7 Å². The summed E-state index contributed by atoms with van der Waals surface area (Å²) in [7, 11) is 3.81. The Kier molecular flexibility index (Phi) is 3.06. The quantitative estimate of drug-likeness (QED) is 0.824. The van der Waals surface area contributed by atoms with E-state index in [1.807, 2.05) is 19.0 Å². The first-order valence-electron chi connectivity index (χ1n) is 5.48. The molecular formula is C12H14F3N3. The first-order valence-corrected chi connectivity index (χ1v) is 5.48. The molecule has 0 atom stereocenters. The zero-order chi connectivity index (χ0) is 13.5. The Morgan fingerprint density at radius 3 is 2.56 bits per heavy atom. The molecule has 0 aromatic carbocycles. The predicted octanol–water partition coefficient (Wildman–Crippen LogP) is 2.72. The van der Waals surface area contributed by atoms with Gasteiger partial charge in [0.15, 0.2) is 0 Å². The van der Waals surface area contributed by atoms with Crippen LogP contribution in [0.25, 0.3) is 5.65 Å². The Hall–Kier alpha value is -1.56. The summed E-state index contributed by atoms with van der Waals surface area (Å²) in [5.74, 6) is 0. The van der Waals surface area contributed by atoms with Crippen LogP contribution >= 0.6 is 0 Å². The van der Waals surface area contributed by atoms with E-state index in [2.05, 4.69) is 4.98 Å². The van der Waals surface area contributed by atoms with Crippen LogP contribution in [0.15, 0.2) is 18.3 Å². The number of rotatable bonds is 2. The molecule has 18 heavy (non-hydrogen) atoms. The van der Waals surface area contributed by atoms with E-state index in [4.69, 9.17) is 0 Å². The van der Waals surface area contributed by atoms with Crippen LogP contribution in [0.4, 0.5) is 13.2 Å². The maximum atomic E-state index is 12.6. The van der Waals surface area contributed by atoms with Crippen molar-refractivity contribution in [3.8, 4) is 0 Å². The minimum absolute atomic E-state index is 0.333. The highest BCUT2D eigenvalue weighted by molar-refractivity contribution is 5.46. The second-order valence-corrected chi connectivity index (χ2v) is 4.52. The van der Waals surface area contributed by atoms with Crippen molar-refractivity contribution in [2.24, 2.45) is 0 Å². The third-order valence-corrected chi connectivity index (χ3v) is 2.72. The Morgan fingerprint density at radius 2 is 2.00 bits per heavy atom. The smallest absolute Gasteiger partial charge is 0.304 e. The van der Waals surface area contributed by atoms with Gasteiger partial charge in [-0.15, -0.1) is 0 Å². The van der Waals surface area contributed by atoms with Crippen LogP contribution in [0, 0.1) is 6.92 Å². The van der Waals surface area contributed by atoms with Crippen LogP contribution in [0.5, 0.6) is 0 Å². The van der Waals surface area contributed by atoms with E-state index < -0.39 is 11.7 Å². The summed E-state index contributed by atoms with van der Waals surface area (Å²) >= 11 is 0. The molecule has 3 nitrogen and oxygen atoms in total. The highest BCUT2D eigenvalue weighted by Crippen LogP contribution is 2.30. The van der Waals surface area contributed by atoms with Crippen molar-refractivity contribution >= 4 is 5.65 Å². The molecule has 2 rings (SSSR count). The van der Waals surface area contributed by atoms with Gasteiger partial charge < -0.3 is 9.30 Å². The summed E-state index contributed by atoms with van der Waals surface area (Å²) in [5, 5.41) is 0. The molecule has 0 radical (unpaired) electrons. The van der Waals surface area contributed by atoms with E-state index in [0.717, 1.165) is 23.5 Å². The van der Waals surface area contributed by atoms with Gasteiger partial charge in [-0.25, -0.2) is 4.98 Å². The number of alkyl halides is 3. The van der Waals surface area contributed by atoms with Crippen molar-refractivity contribution in [3.63, 3.8) is 0 Å².